The van der Waals surface area contributed by atoms with Crippen LogP contribution in [0.1, 0.15) is 0 Å². The van der Waals surface area contributed by atoms with Crippen LogP contribution in [0.25, 0.3) is 0 Å². The molecule has 0 bridgehead atoms. The van der Waals surface area contributed by atoms with Crippen molar-refractivity contribution >= 4 is 38.1 Å². The minimum absolute atomic E-state index is 0. The molecule has 1 aromatic carbocycles. The van der Waals surface area contributed by atoms with E-state index in [1.807, 2.05) is 12.1 Å². The van der Waals surface area contributed by atoms with Crippen LogP contribution in [0.5, 0.6) is 0 Å². The van der Waals surface area contributed by atoms with Gasteiger partial charge in [-0.2, -0.15) is 0 Å². The molecule has 0 radical (unpaired) electrons. The minimum atomic E-state index is -2.17. The molecule has 0 fully saturated rings. The fraction of sp³-hybridized carbons (Fsp3) is 0. The zero-order chi connectivity index (χ0) is 9.56. The summed E-state index contributed by atoms with van der Waals surface area (Å²) in [7, 11) is -2.17. The molecule has 0 aliphatic rings. The molecule has 0 atom stereocenters. The first-order chi connectivity index (χ1) is 5.52. The summed E-state index contributed by atoms with van der Waals surface area (Å²) in [6.45, 7) is 0. The van der Waals surface area contributed by atoms with Gasteiger partial charge in [0.15, 0.2) is 0 Å². The first-order valence-electron chi connectivity index (χ1n) is 3.28. The number of benzene rings is 1. The van der Waals surface area contributed by atoms with E-state index in [1.54, 1.807) is 0 Å². The Morgan fingerprint density at radius 3 is 1.50 bits per heavy atom. The smallest absolute Gasteiger partial charge is 0.412 e. The Hall–Kier alpha value is 0.0149. The summed E-state index contributed by atoms with van der Waals surface area (Å²) in [4.78, 5) is 0. The molecule has 0 aliphatic heterocycles. The molecule has 0 amide bonds. The maximum atomic E-state index is 12.1. The van der Waals surface area contributed by atoms with E-state index in [9.17, 15) is 4.39 Å². The minimum Gasteiger partial charge on any atom is -0.412 e. The zero-order valence-corrected chi connectivity index (χ0v) is 9.61. The first-order valence-corrected chi connectivity index (χ1v) is 4.28. The average molecular weight is 216 g/mol. The van der Waals surface area contributed by atoms with Gasteiger partial charge in [0.1, 0.15) is 0 Å². The van der Waals surface area contributed by atoms with Crippen molar-refractivity contribution < 1.29 is 30.4 Å². The molecule has 7 N–H and O–H groups in total. The Labute approximate surface area is 98.4 Å². The van der Waals surface area contributed by atoms with Crippen LogP contribution in [0.4, 0.5) is 4.39 Å². The van der Waals surface area contributed by atoms with Crippen LogP contribution < -0.4 is 2.81 Å². The Morgan fingerprint density at radius 1 is 1.00 bits per heavy atom. The quantitative estimate of drug-likeness (QED) is 0.398. The predicted octanol–water partition coefficient (Wildman–Crippen LogP) is -3.08. The van der Waals surface area contributed by atoms with Crippen molar-refractivity contribution in [3.05, 3.63) is 30.1 Å². The van der Waals surface area contributed by atoms with E-state index in [0.717, 1.165) is 27.9 Å². The summed E-state index contributed by atoms with van der Waals surface area (Å²) in [5, 5.41) is 21.5. The SMILES string of the molecule is Fc1cc[c]([Na])cc1.O.O.OB(O)O. The van der Waals surface area contributed by atoms with E-state index < -0.39 is 7.32 Å². The van der Waals surface area contributed by atoms with Gasteiger partial charge in [-0.15, -0.1) is 0 Å². The van der Waals surface area contributed by atoms with Crippen LogP contribution in [-0.2, 0) is 0 Å². The van der Waals surface area contributed by atoms with Gasteiger partial charge in [-0.3, -0.25) is 0 Å². The molecule has 0 saturated heterocycles. The summed E-state index contributed by atoms with van der Waals surface area (Å²) >= 11 is 1.00. The molecule has 1 aromatic rings. The maximum absolute atomic E-state index is 12.1. The van der Waals surface area contributed by atoms with Gasteiger partial charge in [0.2, 0.25) is 0 Å². The molecule has 76 valence electrons. The van der Waals surface area contributed by atoms with Crippen molar-refractivity contribution in [2.24, 2.45) is 0 Å². The van der Waals surface area contributed by atoms with Crippen molar-refractivity contribution in [2.45, 2.75) is 0 Å². The fourth-order valence-corrected chi connectivity index (χ4v) is 0.867. The molecular formula is C6H11BFNaO5. The Bertz CT molecular complexity index is 196. The van der Waals surface area contributed by atoms with Gasteiger partial charge < -0.3 is 26.0 Å². The number of hydrogen-bond acceptors (Lipinski definition) is 3. The van der Waals surface area contributed by atoms with Gasteiger partial charge >= 0.3 is 72.5 Å². The van der Waals surface area contributed by atoms with Crippen LogP contribution >= 0.6 is 0 Å². The van der Waals surface area contributed by atoms with E-state index in [4.69, 9.17) is 15.1 Å². The predicted molar refractivity (Wildman–Crippen MR) is 51.4 cm³/mol. The molecule has 0 heterocycles. The summed E-state index contributed by atoms with van der Waals surface area (Å²) in [5.41, 5.74) is 0. The monoisotopic (exact) mass is 216 g/mol. The fourth-order valence-electron chi connectivity index (χ4n) is 0.533. The summed E-state index contributed by atoms with van der Waals surface area (Å²) in [6.07, 6.45) is 0. The molecule has 0 spiro atoms. The molecule has 0 aliphatic carbocycles. The second-order valence-corrected chi connectivity index (χ2v) is 3.30. The van der Waals surface area contributed by atoms with Crippen molar-refractivity contribution in [1.29, 1.82) is 0 Å². The molecular weight excluding hydrogens is 205 g/mol. The average Bonchev–Trinajstić information content (AvgIpc) is 1.94. The van der Waals surface area contributed by atoms with Gasteiger partial charge in [0.05, 0.1) is 0 Å². The Kier molecular flexibility index (Phi) is 15.5. The second kappa shape index (κ2) is 11.1. The zero-order valence-electron chi connectivity index (χ0n) is 7.61. The number of hydrogen-bond donors (Lipinski definition) is 3. The summed E-state index contributed by atoms with van der Waals surface area (Å²) in [5.74, 6) is -0.149. The third-order valence-electron chi connectivity index (χ3n) is 1.01. The Balaban J connectivity index is -0.000000180. The standard InChI is InChI=1S/C6H4F.BH3O3.Na.2H2O/c7-6-4-2-1-3-5-6;2-1(3)4;;;/h2-5H;2-4H;;2*1H2. The van der Waals surface area contributed by atoms with E-state index in [2.05, 4.69) is 0 Å². The first kappa shape index (κ1) is 19.6. The van der Waals surface area contributed by atoms with Crippen molar-refractivity contribution in [3.8, 4) is 0 Å². The molecule has 0 unspecified atom stereocenters. The largest absolute Gasteiger partial charge is 0.631 e. The van der Waals surface area contributed by atoms with E-state index in [0.29, 0.717) is 0 Å². The maximum Gasteiger partial charge on any atom is 0.631 e. The van der Waals surface area contributed by atoms with Crippen LogP contribution in [-0.4, -0.2) is 61.3 Å². The summed E-state index contributed by atoms with van der Waals surface area (Å²) < 4.78 is 13.3. The van der Waals surface area contributed by atoms with Gasteiger partial charge in [-0.05, 0) is 0 Å². The molecule has 0 aromatic heterocycles. The molecule has 14 heavy (non-hydrogen) atoms. The number of halogens is 1. The van der Waals surface area contributed by atoms with E-state index in [1.165, 1.54) is 14.9 Å². The molecule has 8 heteroatoms. The molecule has 0 saturated carbocycles. The second-order valence-electron chi connectivity index (χ2n) is 2.14. The van der Waals surface area contributed by atoms with Crippen molar-refractivity contribution in [1.82, 2.24) is 0 Å². The third-order valence-corrected chi connectivity index (χ3v) is 1.68. The van der Waals surface area contributed by atoms with Gasteiger partial charge in [-0.1, -0.05) is 0 Å². The molecule has 1 rings (SSSR count). The van der Waals surface area contributed by atoms with E-state index in [-0.39, 0.29) is 16.8 Å². The van der Waals surface area contributed by atoms with Crippen LogP contribution in [0, 0.1) is 5.82 Å². The van der Waals surface area contributed by atoms with Crippen LogP contribution in [0.15, 0.2) is 24.3 Å². The van der Waals surface area contributed by atoms with E-state index >= 15 is 0 Å². The van der Waals surface area contributed by atoms with Gasteiger partial charge in [0, 0.05) is 0 Å². The normalized spacial score (nSPS) is 7.29. The van der Waals surface area contributed by atoms with Crippen LogP contribution in [0.3, 0.4) is 0 Å². The Morgan fingerprint density at radius 2 is 1.29 bits per heavy atom. The van der Waals surface area contributed by atoms with Crippen LogP contribution in [0.2, 0.25) is 0 Å². The van der Waals surface area contributed by atoms with Crippen molar-refractivity contribution in [2.75, 3.05) is 0 Å². The molecule has 5 nitrogen and oxygen atoms in total. The third kappa shape index (κ3) is 14.5. The number of rotatable bonds is 0. The van der Waals surface area contributed by atoms with Crippen molar-refractivity contribution in [3.63, 3.8) is 0 Å². The van der Waals surface area contributed by atoms with Gasteiger partial charge in [-0.25, -0.2) is 0 Å². The summed E-state index contributed by atoms with van der Waals surface area (Å²) in [6, 6.07) is 6.59. The van der Waals surface area contributed by atoms with Gasteiger partial charge in [0.25, 0.3) is 0 Å². The topological polar surface area (TPSA) is 124 Å².